The van der Waals surface area contributed by atoms with Gasteiger partial charge < -0.3 is 20.6 Å². The van der Waals surface area contributed by atoms with Crippen molar-refractivity contribution in [2.24, 2.45) is 0 Å². The van der Waals surface area contributed by atoms with Crippen molar-refractivity contribution in [3.05, 3.63) is 16.7 Å². The maximum Gasteiger partial charge on any atom is 0.287 e. The maximum atomic E-state index is 13.3. The third-order valence-corrected chi connectivity index (χ3v) is 7.40. The highest BCUT2D eigenvalue weighted by Gasteiger charge is 2.46. The second-order valence-electron chi connectivity index (χ2n) is 8.02. The number of hydrogen-bond acceptors (Lipinski definition) is 10. The molecule has 0 spiro atoms. The van der Waals surface area contributed by atoms with E-state index in [0.29, 0.717) is 11.6 Å². The first-order valence-electron chi connectivity index (χ1n) is 10.9. The van der Waals surface area contributed by atoms with Crippen LogP contribution in [0.3, 0.4) is 0 Å². The highest BCUT2D eigenvalue weighted by Crippen LogP contribution is 2.42. The number of nitrogens with one attached hydrogen (secondary N) is 3. The van der Waals surface area contributed by atoms with Crippen LogP contribution >= 0.6 is 11.8 Å². The van der Waals surface area contributed by atoms with E-state index in [9.17, 15) is 20.1 Å². The van der Waals surface area contributed by atoms with Crippen LogP contribution in [-0.4, -0.2) is 71.6 Å². The molecule has 1 fully saturated rings. The van der Waals surface area contributed by atoms with Crippen LogP contribution in [0.2, 0.25) is 0 Å². The lowest BCUT2D eigenvalue weighted by Gasteiger charge is -2.46. The van der Waals surface area contributed by atoms with Crippen molar-refractivity contribution in [3.8, 4) is 0 Å². The topological polar surface area (TPSA) is 149 Å². The number of fused-ring (bicyclic) bond motifs is 2. The van der Waals surface area contributed by atoms with Gasteiger partial charge >= 0.3 is 0 Å². The standard InChI is InChI=1S/C19H31N7O4S/c1-3-5-7-21-19(22-8-6-4-2)24-18-23-15-12(16(30)26(18)19)20-10-25(15)17-14(29)13(28)11(9-27)31-17/h10-11,13-14,17,21-22,27-29H,3-9H2,1-2H3,(H,23,24)/t11-,13-,14-,17-/m1/s1. The molecule has 0 aliphatic carbocycles. The van der Waals surface area contributed by atoms with Crippen LogP contribution in [0.15, 0.2) is 11.1 Å². The predicted octanol–water partition coefficient (Wildman–Crippen LogP) is -0.306. The smallest absolute Gasteiger partial charge is 0.287 e. The number of nitrogens with zero attached hydrogens (tertiary/aromatic N) is 4. The van der Waals surface area contributed by atoms with E-state index in [1.165, 1.54) is 18.1 Å². The summed E-state index contributed by atoms with van der Waals surface area (Å²) in [6.45, 7) is 5.42. The van der Waals surface area contributed by atoms with E-state index in [4.69, 9.17) is 0 Å². The normalized spacial score (nSPS) is 26.6. The van der Waals surface area contributed by atoms with E-state index >= 15 is 0 Å². The zero-order valence-electron chi connectivity index (χ0n) is 17.8. The molecule has 0 amide bonds. The second kappa shape index (κ2) is 9.04. The molecule has 11 nitrogen and oxygen atoms in total. The van der Waals surface area contributed by atoms with Gasteiger partial charge in [-0.15, -0.1) is 11.8 Å². The van der Waals surface area contributed by atoms with Crippen LogP contribution < -0.4 is 21.5 Å². The van der Waals surface area contributed by atoms with Crippen LogP contribution in [0.4, 0.5) is 5.95 Å². The Morgan fingerprint density at radius 2 is 1.87 bits per heavy atom. The van der Waals surface area contributed by atoms with Crippen molar-refractivity contribution < 1.29 is 15.3 Å². The Bertz CT molecular complexity index is 970. The molecule has 0 radical (unpaired) electrons. The fraction of sp³-hybridized carbons (Fsp3) is 0.737. The Labute approximate surface area is 184 Å². The fourth-order valence-corrected chi connectivity index (χ4v) is 5.40. The summed E-state index contributed by atoms with van der Waals surface area (Å²) < 4.78 is 3.16. The van der Waals surface area contributed by atoms with Gasteiger partial charge in [0.05, 0.1) is 24.3 Å². The zero-order chi connectivity index (χ0) is 22.2. The van der Waals surface area contributed by atoms with E-state index in [1.54, 1.807) is 9.13 Å². The highest BCUT2D eigenvalue weighted by atomic mass is 32.2. The number of aliphatic hydroxyl groups is 3. The minimum Gasteiger partial charge on any atom is -0.395 e. The number of aliphatic hydroxyl groups excluding tert-OH is 3. The van der Waals surface area contributed by atoms with Gasteiger partial charge in [-0.2, -0.15) is 4.98 Å². The summed E-state index contributed by atoms with van der Waals surface area (Å²) in [5.74, 6) is -0.495. The molecule has 2 aromatic rings. The first kappa shape index (κ1) is 22.5. The molecular weight excluding hydrogens is 422 g/mol. The third-order valence-electron chi connectivity index (χ3n) is 5.84. The van der Waals surface area contributed by atoms with E-state index in [1.807, 2.05) is 0 Å². The van der Waals surface area contributed by atoms with Crippen molar-refractivity contribution in [2.75, 3.05) is 25.0 Å². The maximum absolute atomic E-state index is 13.3. The number of rotatable bonds is 10. The SMILES string of the molecule is CCCCNC1(NCCCC)Nc2nc3c(ncn3[C@@H]3S[C@H](CO)[C@@H](O)[C@H]3O)c(=O)n21. The number of unbranched alkanes of at least 4 members (excludes halogenated alkanes) is 2. The third kappa shape index (κ3) is 3.74. The average molecular weight is 454 g/mol. The molecule has 0 unspecified atom stereocenters. The number of imidazole rings is 1. The Morgan fingerprint density at radius 1 is 1.19 bits per heavy atom. The first-order chi connectivity index (χ1) is 15.0. The largest absolute Gasteiger partial charge is 0.395 e. The molecule has 2 aromatic heterocycles. The lowest BCUT2D eigenvalue weighted by Crippen LogP contribution is -2.73. The van der Waals surface area contributed by atoms with Crippen molar-refractivity contribution in [1.29, 1.82) is 0 Å². The van der Waals surface area contributed by atoms with Gasteiger partial charge in [0.25, 0.3) is 5.56 Å². The average Bonchev–Trinajstić information content (AvgIpc) is 3.28. The minimum absolute atomic E-state index is 0.193. The van der Waals surface area contributed by atoms with Crippen LogP contribution in [0.25, 0.3) is 11.2 Å². The van der Waals surface area contributed by atoms with Crippen LogP contribution in [0.1, 0.15) is 44.9 Å². The van der Waals surface area contributed by atoms with Gasteiger partial charge in [-0.3, -0.25) is 20.0 Å². The molecule has 172 valence electrons. The van der Waals surface area contributed by atoms with Crippen molar-refractivity contribution in [1.82, 2.24) is 29.7 Å². The molecule has 0 saturated carbocycles. The molecule has 4 heterocycles. The second-order valence-corrected chi connectivity index (χ2v) is 9.39. The molecule has 0 bridgehead atoms. The fourth-order valence-electron chi connectivity index (χ4n) is 4.03. The van der Waals surface area contributed by atoms with Gasteiger partial charge in [-0.1, -0.05) is 26.7 Å². The molecule has 2 aliphatic heterocycles. The Kier molecular flexibility index (Phi) is 6.56. The van der Waals surface area contributed by atoms with E-state index < -0.39 is 28.7 Å². The molecule has 6 N–H and O–H groups in total. The predicted molar refractivity (Wildman–Crippen MR) is 119 cm³/mol. The van der Waals surface area contributed by atoms with Crippen molar-refractivity contribution in [2.45, 2.75) is 68.3 Å². The highest BCUT2D eigenvalue weighted by molar-refractivity contribution is 8.00. The van der Waals surface area contributed by atoms with Crippen LogP contribution in [-0.2, 0) is 5.91 Å². The van der Waals surface area contributed by atoms with Crippen LogP contribution in [0.5, 0.6) is 0 Å². The van der Waals surface area contributed by atoms with E-state index in [-0.39, 0.29) is 17.7 Å². The summed E-state index contributed by atoms with van der Waals surface area (Å²) in [4.78, 5) is 22.2. The molecule has 4 rings (SSSR count). The van der Waals surface area contributed by atoms with Gasteiger partial charge in [-0.05, 0) is 12.8 Å². The molecule has 2 aliphatic rings. The number of thioether (sulfide) groups is 1. The summed E-state index contributed by atoms with van der Waals surface area (Å²) >= 11 is 1.24. The zero-order valence-corrected chi connectivity index (χ0v) is 18.6. The Morgan fingerprint density at radius 3 is 2.45 bits per heavy atom. The minimum atomic E-state index is -1.10. The van der Waals surface area contributed by atoms with Crippen molar-refractivity contribution in [3.63, 3.8) is 0 Å². The molecule has 0 aromatic carbocycles. The first-order valence-corrected chi connectivity index (χ1v) is 11.8. The summed E-state index contributed by atoms with van der Waals surface area (Å²) in [6.07, 6.45) is 3.29. The molecule has 12 heteroatoms. The molecule has 31 heavy (non-hydrogen) atoms. The van der Waals surface area contributed by atoms with Gasteiger partial charge in [0.15, 0.2) is 11.2 Å². The summed E-state index contributed by atoms with van der Waals surface area (Å²) in [6, 6.07) is 0. The number of anilines is 1. The van der Waals surface area contributed by atoms with Gasteiger partial charge in [0.2, 0.25) is 11.9 Å². The van der Waals surface area contributed by atoms with Gasteiger partial charge in [0.1, 0.15) is 11.5 Å². The molecule has 4 atom stereocenters. The monoisotopic (exact) mass is 453 g/mol. The summed E-state index contributed by atoms with van der Waals surface area (Å²) in [5, 5.41) is 39.0. The van der Waals surface area contributed by atoms with Crippen molar-refractivity contribution >= 4 is 28.9 Å². The molecule has 1 saturated heterocycles. The molecular formula is C19H31N7O4S. The van der Waals surface area contributed by atoms with E-state index in [2.05, 4.69) is 39.8 Å². The lowest BCUT2D eigenvalue weighted by molar-refractivity contribution is 0.0113. The Hall–Kier alpha value is -1.70. The van der Waals surface area contributed by atoms with Gasteiger partial charge in [-0.25, -0.2) is 9.55 Å². The number of aromatic nitrogens is 4. The number of hydrogen-bond donors (Lipinski definition) is 6. The lowest BCUT2D eigenvalue weighted by atomic mass is 10.1. The summed E-state index contributed by atoms with van der Waals surface area (Å²) in [5.41, 5.74) is 0.239. The Balaban J connectivity index is 1.69. The summed E-state index contributed by atoms with van der Waals surface area (Å²) in [7, 11) is 0. The van der Waals surface area contributed by atoms with E-state index in [0.717, 1.165) is 38.8 Å². The quantitative estimate of drug-likeness (QED) is 0.209. The van der Waals surface area contributed by atoms with Gasteiger partial charge in [0, 0.05) is 13.1 Å². The van der Waals surface area contributed by atoms with Crippen LogP contribution in [0, 0.1) is 0 Å².